The highest BCUT2D eigenvalue weighted by Crippen LogP contribution is 2.40. The molecule has 0 spiro atoms. The summed E-state index contributed by atoms with van der Waals surface area (Å²) in [6.45, 7) is 1.92. The van der Waals surface area contributed by atoms with Gasteiger partial charge in [0.1, 0.15) is 5.82 Å². The van der Waals surface area contributed by atoms with Gasteiger partial charge < -0.3 is 9.88 Å². The predicted molar refractivity (Wildman–Crippen MR) is 77.5 cm³/mol. The fourth-order valence-electron chi connectivity index (χ4n) is 3.06. The number of rotatable bonds is 2. The molecule has 106 valence electrons. The van der Waals surface area contributed by atoms with Gasteiger partial charge in [0.2, 0.25) is 0 Å². The maximum Gasteiger partial charge on any atom is 0.155 e. The molecule has 7 heteroatoms. The molecule has 4 heterocycles. The summed E-state index contributed by atoms with van der Waals surface area (Å²) in [6.07, 6.45) is 6.48. The maximum absolute atomic E-state index is 4.49. The van der Waals surface area contributed by atoms with Gasteiger partial charge in [-0.1, -0.05) is 0 Å². The molecule has 20 heavy (non-hydrogen) atoms. The van der Waals surface area contributed by atoms with Crippen molar-refractivity contribution < 1.29 is 0 Å². The molecule has 0 bridgehead atoms. The molecule has 2 aromatic rings. The zero-order chi connectivity index (χ0) is 13.5. The Hall–Kier alpha value is -1.34. The Balaban J connectivity index is 1.71. The van der Waals surface area contributed by atoms with E-state index in [-0.39, 0.29) is 6.04 Å². The van der Waals surface area contributed by atoms with Gasteiger partial charge in [0.15, 0.2) is 5.82 Å². The van der Waals surface area contributed by atoms with Crippen LogP contribution in [0.2, 0.25) is 0 Å². The lowest BCUT2D eigenvalue weighted by Gasteiger charge is -2.25. The molecule has 2 aromatic heterocycles. The predicted octanol–water partition coefficient (Wildman–Crippen LogP) is 1.27. The summed E-state index contributed by atoms with van der Waals surface area (Å²) in [5.74, 6) is 3.45. The van der Waals surface area contributed by atoms with Crippen molar-refractivity contribution in [2.24, 2.45) is 7.05 Å². The van der Waals surface area contributed by atoms with E-state index in [1.807, 2.05) is 35.9 Å². The normalized spacial score (nSPS) is 25.9. The highest BCUT2D eigenvalue weighted by Gasteiger charge is 2.31. The Morgan fingerprint density at radius 2 is 2.25 bits per heavy atom. The third-order valence-electron chi connectivity index (χ3n) is 4.03. The fourth-order valence-corrected chi connectivity index (χ4v) is 4.33. The Bertz CT molecular complexity index is 612. The van der Waals surface area contributed by atoms with Crippen LogP contribution in [-0.2, 0) is 13.6 Å². The highest BCUT2D eigenvalue weighted by molar-refractivity contribution is 7.99. The SMILES string of the molecule is Cn1cc(C2NCCn3c(C4CCCS4)nnc32)cn1. The molecular formula is C13H18N6S. The number of fused-ring (bicyclic) bond motifs is 1. The van der Waals surface area contributed by atoms with Gasteiger partial charge in [-0.2, -0.15) is 16.9 Å². The van der Waals surface area contributed by atoms with Gasteiger partial charge in [0.25, 0.3) is 0 Å². The monoisotopic (exact) mass is 290 g/mol. The molecule has 6 nitrogen and oxygen atoms in total. The van der Waals surface area contributed by atoms with Crippen molar-refractivity contribution in [3.05, 3.63) is 29.6 Å². The first-order valence-corrected chi connectivity index (χ1v) is 8.14. The van der Waals surface area contributed by atoms with Crippen LogP contribution >= 0.6 is 11.8 Å². The van der Waals surface area contributed by atoms with Crippen molar-refractivity contribution in [2.45, 2.75) is 30.7 Å². The quantitative estimate of drug-likeness (QED) is 0.902. The van der Waals surface area contributed by atoms with E-state index in [0.717, 1.165) is 30.3 Å². The minimum absolute atomic E-state index is 0.116. The van der Waals surface area contributed by atoms with Crippen molar-refractivity contribution >= 4 is 11.8 Å². The van der Waals surface area contributed by atoms with Gasteiger partial charge in [-0.15, -0.1) is 10.2 Å². The highest BCUT2D eigenvalue weighted by atomic mass is 32.2. The summed E-state index contributed by atoms with van der Waals surface area (Å²) in [7, 11) is 1.94. The largest absolute Gasteiger partial charge is 0.311 e. The second-order valence-corrected chi connectivity index (χ2v) is 6.71. The molecule has 2 atom stereocenters. The van der Waals surface area contributed by atoms with Crippen molar-refractivity contribution in [1.29, 1.82) is 0 Å². The van der Waals surface area contributed by atoms with Gasteiger partial charge in [0, 0.05) is 31.9 Å². The molecular weight excluding hydrogens is 272 g/mol. The molecule has 2 unspecified atom stereocenters. The average molecular weight is 290 g/mol. The third-order valence-corrected chi connectivity index (χ3v) is 5.40. The fraction of sp³-hybridized carbons (Fsp3) is 0.615. The van der Waals surface area contributed by atoms with Crippen LogP contribution in [0.3, 0.4) is 0 Å². The van der Waals surface area contributed by atoms with E-state index in [9.17, 15) is 0 Å². The molecule has 2 aliphatic rings. The number of hydrogen-bond acceptors (Lipinski definition) is 5. The Morgan fingerprint density at radius 1 is 1.35 bits per heavy atom. The lowest BCUT2D eigenvalue weighted by Crippen LogP contribution is -2.34. The minimum atomic E-state index is 0.116. The topological polar surface area (TPSA) is 60.6 Å². The Kier molecular flexibility index (Phi) is 3.03. The standard InChI is InChI=1S/C13H18N6S/c1-18-8-9(7-15-18)11-13-17-16-12(10-3-2-6-20-10)19(13)5-4-14-11/h7-8,10-11,14H,2-6H2,1H3. The summed E-state index contributed by atoms with van der Waals surface area (Å²) < 4.78 is 4.15. The Morgan fingerprint density at radius 3 is 3.00 bits per heavy atom. The summed E-state index contributed by atoms with van der Waals surface area (Å²) in [5.41, 5.74) is 1.16. The molecule has 1 fully saturated rings. The van der Waals surface area contributed by atoms with E-state index in [1.54, 1.807) is 0 Å². The van der Waals surface area contributed by atoms with Crippen LogP contribution in [0, 0.1) is 0 Å². The van der Waals surface area contributed by atoms with Crippen molar-refractivity contribution in [2.75, 3.05) is 12.3 Å². The van der Waals surface area contributed by atoms with Crippen LogP contribution in [0.15, 0.2) is 12.4 Å². The lowest BCUT2D eigenvalue weighted by molar-refractivity contribution is 0.445. The number of aryl methyl sites for hydroxylation is 1. The minimum Gasteiger partial charge on any atom is -0.311 e. The van der Waals surface area contributed by atoms with Crippen LogP contribution in [0.4, 0.5) is 0 Å². The summed E-state index contributed by atoms with van der Waals surface area (Å²) in [5, 5.41) is 17.3. The van der Waals surface area contributed by atoms with E-state index in [0.29, 0.717) is 5.25 Å². The number of hydrogen-bond donors (Lipinski definition) is 1. The first-order valence-electron chi connectivity index (χ1n) is 7.09. The zero-order valence-corrected chi connectivity index (χ0v) is 12.3. The molecule has 0 radical (unpaired) electrons. The van der Waals surface area contributed by atoms with Gasteiger partial charge in [0.05, 0.1) is 17.5 Å². The molecule has 1 saturated heterocycles. The number of nitrogens with one attached hydrogen (secondary N) is 1. The maximum atomic E-state index is 4.49. The summed E-state index contributed by atoms with van der Waals surface area (Å²) in [6, 6.07) is 0.116. The van der Waals surface area contributed by atoms with Gasteiger partial charge in [-0.25, -0.2) is 0 Å². The molecule has 0 amide bonds. The zero-order valence-electron chi connectivity index (χ0n) is 11.5. The van der Waals surface area contributed by atoms with E-state index < -0.39 is 0 Å². The van der Waals surface area contributed by atoms with Gasteiger partial charge >= 0.3 is 0 Å². The van der Waals surface area contributed by atoms with Crippen molar-refractivity contribution in [3.63, 3.8) is 0 Å². The number of thioether (sulfide) groups is 1. The molecule has 2 aliphatic heterocycles. The summed E-state index contributed by atoms with van der Waals surface area (Å²) in [4.78, 5) is 0. The number of nitrogens with zero attached hydrogens (tertiary/aromatic N) is 5. The smallest absolute Gasteiger partial charge is 0.155 e. The Labute approximate surface area is 122 Å². The lowest BCUT2D eigenvalue weighted by atomic mass is 10.1. The second-order valence-electron chi connectivity index (χ2n) is 5.40. The van der Waals surface area contributed by atoms with Crippen LogP contribution in [-0.4, -0.2) is 36.8 Å². The first kappa shape index (κ1) is 12.4. The molecule has 0 aromatic carbocycles. The van der Waals surface area contributed by atoms with E-state index in [1.165, 1.54) is 18.6 Å². The third kappa shape index (κ3) is 1.96. The second kappa shape index (κ2) is 4.89. The average Bonchev–Trinajstić information content (AvgIpc) is 3.17. The molecule has 4 rings (SSSR count). The van der Waals surface area contributed by atoms with Gasteiger partial charge in [-0.3, -0.25) is 4.68 Å². The van der Waals surface area contributed by atoms with Crippen molar-refractivity contribution in [3.8, 4) is 0 Å². The van der Waals surface area contributed by atoms with Crippen LogP contribution < -0.4 is 5.32 Å². The van der Waals surface area contributed by atoms with Crippen LogP contribution in [0.5, 0.6) is 0 Å². The molecule has 1 N–H and O–H groups in total. The van der Waals surface area contributed by atoms with E-state index in [2.05, 4.69) is 25.2 Å². The summed E-state index contributed by atoms with van der Waals surface area (Å²) >= 11 is 2.01. The van der Waals surface area contributed by atoms with Crippen LogP contribution in [0.25, 0.3) is 0 Å². The van der Waals surface area contributed by atoms with E-state index in [4.69, 9.17) is 0 Å². The molecule has 0 saturated carbocycles. The number of aromatic nitrogens is 5. The van der Waals surface area contributed by atoms with E-state index >= 15 is 0 Å². The molecule has 0 aliphatic carbocycles. The van der Waals surface area contributed by atoms with Crippen LogP contribution in [0.1, 0.15) is 41.3 Å². The van der Waals surface area contributed by atoms with Crippen molar-refractivity contribution in [1.82, 2.24) is 29.9 Å². The van der Waals surface area contributed by atoms with Gasteiger partial charge in [-0.05, 0) is 18.6 Å². The first-order chi connectivity index (χ1) is 9.83.